The molecule has 0 bridgehead atoms. The molecule has 0 aliphatic rings. The average Bonchev–Trinajstić information content (AvgIpc) is 2.53. The molecule has 0 fully saturated rings. The number of para-hydroxylation sites is 1. The van der Waals surface area contributed by atoms with E-state index in [4.69, 9.17) is 4.74 Å². The quantitative estimate of drug-likeness (QED) is 0.650. The number of aryl methyl sites for hydroxylation is 2. The van der Waals surface area contributed by atoms with Crippen molar-refractivity contribution in [2.24, 2.45) is 0 Å². The van der Waals surface area contributed by atoms with Crippen molar-refractivity contribution >= 4 is 17.7 Å². The van der Waals surface area contributed by atoms with Crippen LogP contribution in [0.5, 0.6) is 5.75 Å². The maximum Gasteiger partial charge on any atom is 0.251 e. The molecule has 0 unspecified atom stereocenters. The molecule has 2 aromatic rings. The van der Waals surface area contributed by atoms with Crippen LogP contribution < -0.4 is 10.1 Å². The Kier molecular flexibility index (Phi) is 5.90. The van der Waals surface area contributed by atoms with E-state index in [2.05, 4.69) is 5.32 Å². The Morgan fingerprint density at radius 2 is 1.73 bits per heavy atom. The first kappa shape index (κ1) is 16.4. The molecular weight excluding hydrogens is 294 g/mol. The fourth-order valence-electron chi connectivity index (χ4n) is 2.19. The lowest BCUT2D eigenvalue weighted by molar-refractivity contribution is 0.0947. The van der Waals surface area contributed by atoms with Crippen molar-refractivity contribution < 1.29 is 9.53 Å². The predicted molar refractivity (Wildman–Crippen MR) is 92.0 cm³/mol. The molecule has 4 heteroatoms. The largest absolute Gasteiger partial charge is 0.491 e. The second-order valence-corrected chi connectivity index (χ2v) is 5.93. The van der Waals surface area contributed by atoms with E-state index in [9.17, 15) is 4.79 Å². The first-order valence-corrected chi connectivity index (χ1v) is 8.45. The summed E-state index contributed by atoms with van der Waals surface area (Å²) in [5.74, 6) is 0.832. The van der Waals surface area contributed by atoms with Gasteiger partial charge in [0.25, 0.3) is 5.91 Å². The SMILES string of the molecule is CSc1ccc(C(=O)NCCOc2c(C)cccc2C)cc1. The van der Waals surface area contributed by atoms with E-state index < -0.39 is 0 Å². The van der Waals surface area contributed by atoms with Crippen LogP contribution in [-0.4, -0.2) is 25.3 Å². The van der Waals surface area contributed by atoms with Gasteiger partial charge in [-0.25, -0.2) is 0 Å². The maximum atomic E-state index is 12.0. The smallest absolute Gasteiger partial charge is 0.251 e. The van der Waals surface area contributed by atoms with E-state index in [-0.39, 0.29) is 5.91 Å². The highest BCUT2D eigenvalue weighted by atomic mass is 32.2. The third kappa shape index (κ3) is 4.28. The van der Waals surface area contributed by atoms with E-state index in [1.54, 1.807) is 11.8 Å². The molecule has 0 aromatic heterocycles. The molecule has 0 aliphatic heterocycles. The van der Waals surface area contributed by atoms with Gasteiger partial charge in [-0.15, -0.1) is 11.8 Å². The summed E-state index contributed by atoms with van der Waals surface area (Å²) < 4.78 is 5.77. The molecular formula is C18H21NO2S. The summed E-state index contributed by atoms with van der Waals surface area (Å²) in [4.78, 5) is 13.2. The standard InChI is InChI=1S/C18H21NO2S/c1-13-5-4-6-14(2)17(13)21-12-11-19-18(20)15-7-9-16(22-3)10-8-15/h4-10H,11-12H2,1-3H3,(H,19,20). The second kappa shape index (κ2) is 7.90. The Bertz CT molecular complexity index is 618. The first-order valence-electron chi connectivity index (χ1n) is 7.23. The van der Waals surface area contributed by atoms with Crippen molar-refractivity contribution in [1.29, 1.82) is 0 Å². The molecule has 1 amide bonds. The lowest BCUT2D eigenvalue weighted by Crippen LogP contribution is -2.28. The zero-order chi connectivity index (χ0) is 15.9. The number of hydrogen-bond acceptors (Lipinski definition) is 3. The van der Waals surface area contributed by atoms with E-state index >= 15 is 0 Å². The number of carbonyl (C=O) groups is 1. The van der Waals surface area contributed by atoms with Crippen molar-refractivity contribution in [2.75, 3.05) is 19.4 Å². The number of hydrogen-bond donors (Lipinski definition) is 1. The van der Waals surface area contributed by atoms with Gasteiger partial charge in [-0.2, -0.15) is 0 Å². The number of carbonyl (C=O) groups excluding carboxylic acids is 1. The van der Waals surface area contributed by atoms with Crippen LogP contribution in [-0.2, 0) is 0 Å². The van der Waals surface area contributed by atoms with Crippen molar-refractivity contribution in [3.63, 3.8) is 0 Å². The third-order valence-corrected chi connectivity index (χ3v) is 4.14. The van der Waals surface area contributed by atoms with Crippen LogP contribution in [0.25, 0.3) is 0 Å². The first-order chi connectivity index (χ1) is 10.6. The summed E-state index contributed by atoms with van der Waals surface area (Å²) in [7, 11) is 0. The summed E-state index contributed by atoms with van der Waals surface area (Å²) in [5, 5.41) is 2.87. The van der Waals surface area contributed by atoms with Crippen LogP contribution in [0.4, 0.5) is 0 Å². The molecule has 0 saturated carbocycles. The molecule has 2 rings (SSSR count). The minimum Gasteiger partial charge on any atom is -0.491 e. The van der Waals surface area contributed by atoms with Crippen molar-refractivity contribution in [3.8, 4) is 5.75 Å². The summed E-state index contributed by atoms with van der Waals surface area (Å²) in [6.07, 6.45) is 2.01. The van der Waals surface area contributed by atoms with E-state index in [1.165, 1.54) is 0 Å². The topological polar surface area (TPSA) is 38.3 Å². The molecule has 22 heavy (non-hydrogen) atoms. The van der Waals surface area contributed by atoms with Gasteiger partial charge in [0.2, 0.25) is 0 Å². The molecule has 3 nitrogen and oxygen atoms in total. The number of nitrogens with one attached hydrogen (secondary N) is 1. The van der Waals surface area contributed by atoms with Gasteiger partial charge >= 0.3 is 0 Å². The summed E-state index contributed by atoms with van der Waals surface area (Å²) in [5.41, 5.74) is 2.89. The van der Waals surface area contributed by atoms with Gasteiger partial charge in [0.1, 0.15) is 12.4 Å². The molecule has 0 saturated heterocycles. The van der Waals surface area contributed by atoms with Crippen molar-refractivity contribution in [3.05, 3.63) is 59.2 Å². The fourth-order valence-corrected chi connectivity index (χ4v) is 2.60. The van der Waals surface area contributed by atoms with Crippen LogP contribution in [0.2, 0.25) is 0 Å². The lowest BCUT2D eigenvalue weighted by atomic mass is 10.1. The highest BCUT2D eigenvalue weighted by Crippen LogP contribution is 2.21. The number of amides is 1. The van der Waals surface area contributed by atoms with Crippen molar-refractivity contribution in [1.82, 2.24) is 5.32 Å². The van der Waals surface area contributed by atoms with Gasteiger partial charge < -0.3 is 10.1 Å². The lowest BCUT2D eigenvalue weighted by Gasteiger charge is -2.12. The summed E-state index contributed by atoms with van der Waals surface area (Å²) in [6.45, 7) is 4.99. The highest BCUT2D eigenvalue weighted by Gasteiger charge is 2.06. The van der Waals surface area contributed by atoms with Gasteiger partial charge in [0.15, 0.2) is 0 Å². The summed E-state index contributed by atoms with van der Waals surface area (Å²) >= 11 is 1.66. The zero-order valence-electron chi connectivity index (χ0n) is 13.2. The zero-order valence-corrected chi connectivity index (χ0v) is 14.0. The van der Waals surface area contributed by atoms with E-state index in [0.29, 0.717) is 18.7 Å². The summed E-state index contributed by atoms with van der Waals surface area (Å²) in [6, 6.07) is 13.6. The molecule has 116 valence electrons. The van der Waals surface area contributed by atoms with Crippen LogP contribution in [0, 0.1) is 13.8 Å². The molecule has 0 spiro atoms. The Labute approximate surface area is 136 Å². The minimum absolute atomic E-state index is 0.0715. The number of ether oxygens (including phenoxy) is 1. The Hall–Kier alpha value is -1.94. The van der Waals surface area contributed by atoms with Crippen LogP contribution in [0.15, 0.2) is 47.4 Å². The molecule has 0 heterocycles. The van der Waals surface area contributed by atoms with Gasteiger partial charge in [-0.3, -0.25) is 4.79 Å². The maximum absolute atomic E-state index is 12.0. The molecule has 0 atom stereocenters. The van der Waals surface area contributed by atoms with Crippen LogP contribution in [0.3, 0.4) is 0 Å². The fraction of sp³-hybridized carbons (Fsp3) is 0.278. The van der Waals surface area contributed by atoms with Gasteiger partial charge in [0.05, 0.1) is 6.54 Å². The molecule has 0 aliphatic carbocycles. The Balaban J connectivity index is 1.82. The normalized spacial score (nSPS) is 10.3. The number of benzene rings is 2. The van der Waals surface area contributed by atoms with Crippen LogP contribution >= 0.6 is 11.8 Å². The van der Waals surface area contributed by atoms with Gasteiger partial charge in [-0.1, -0.05) is 18.2 Å². The minimum atomic E-state index is -0.0715. The average molecular weight is 315 g/mol. The number of rotatable bonds is 6. The van der Waals surface area contributed by atoms with Crippen LogP contribution in [0.1, 0.15) is 21.5 Å². The monoisotopic (exact) mass is 315 g/mol. The van der Waals surface area contributed by atoms with Crippen molar-refractivity contribution in [2.45, 2.75) is 18.7 Å². The third-order valence-electron chi connectivity index (χ3n) is 3.39. The second-order valence-electron chi connectivity index (χ2n) is 5.05. The van der Waals surface area contributed by atoms with E-state index in [0.717, 1.165) is 21.8 Å². The van der Waals surface area contributed by atoms with E-state index in [1.807, 2.05) is 62.6 Å². The van der Waals surface area contributed by atoms with Gasteiger partial charge in [-0.05, 0) is 55.5 Å². The molecule has 0 radical (unpaired) electrons. The Morgan fingerprint density at radius 1 is 1.09 bits per heavy atom. The predicted octanol–water partition coefficient (Wildman–Crippen LogP) is 3.83. The van der Waals surface area contributed by atoms with Gasteiger partial charge in [0, 0.05) is 10.5 Å². The highest BCUT2D eigenvalue weighted by molar-refractivity contribution is 7.98. The number of thioether (sulfide) groups is 1. The molecule has 1 N–H and O–H groups in total. The molecule has 2 aromatic carbocycles. The Morgan fingerprint density at radius 3 is 2.32 bits per heavy atom.